The molecule has 116 valence electrons. The number of aliphatic hydroxyl groups excluding tert-OH is 1. The minimum Gasteiger partial charge on any atom is -0.393 e. The second kappa shape index (κ2) is 6.76. The third-order valence-corrected chi connectivity index (χ3v) is 5.54. The summed E-state index contributed by atoms with van der Waals surface area (Å²) in [5, 5.41) is 14.1. The van der Waals surface area contributed by atoms with Crippen molar-refractivity contribution in [3.63, 3.8) is 0 Å². The molecule has 1 saturated heterocycles. The Hall–Kier alpha value is -0.120. The second-order valence-electron chi connectivity index (χ2n) is 7.66. The molecule has 3 rings (SSSR count). The highest BCUT2D eigenvalue weighted by Gasteiger charge is 2.34. The first kappa shape index (κ1) is 14.8. The lowest BCUT2D eigenvalue weighted by atomic mass is 9.87. The highest BCUT2D eigenvalue weighted by atomic mass is 16.3. The molecule has 20 heavy (non-hydrogen) atoms. The van der Waals surface area contributed by atoms with E-state index >= 15 is 0 Å². The predicted molar refractivity (Wildman–Crippen MR) is 82.7 cm³/mol. The Morgan fingerprint density at radius 3 is 2.50 bits per heavy atom. The van der Waals surface area contributed by atoms with Crippen LogP contribution in [0.4, 0.5) is 0 Å². The van der Waals surface area contributed by atoms with Gasteiger partial charge in [-0.15, -0.1) is 0 Å². The van der Waals surface area contributed by atoms with Gasteiger partial charge in [0.1, 0.15) is 0 Å². The van der Waals surface area contributed by atoms with Crippen LogP contribution < -0.4 is 5.32 Å². The van der Waals surface area contributed by atoms with Gasteiger partial charge in [0.2, 0.25) is 0 Å². The van der Waals surface area contributed by atoms with Gasteiger partial charge in [0.15, 0.2) is 0 Å². The van der Waals surface area contributed by atoms with E-state index in [2.05, 4.69) is 17.3 Å². The number of piperidine rings is 1. The lowest BCUT2D eigenvalue weighted by Gasteiger charge is -2.39. The van der Waals surface area contributed by atoms with E-state index in [9.17, 15) is 5.11 Å². The van der Waals surface area contributed by atoms with Crippen LogP contribution in [0, 0.1) is 11.8 Å². The zero-order valence-corrected chi connectivity index (χ0v) is 13.1. The lowest BCUT2D eigenvalue weighted by Crippen LogP contribution is -2.51. The number of nitrogens with zero attached hydrogens (tertiary/aromatic N) is 1. The molecule has 1 aliphatic heterocycles. The highest BCUT2D eigenvalue weighted by Crippen LogP contribution is 2.36. The van der Waals surface area contributed by atoms with Crippen LogP contribution in [-0.2, 0) is 0 Å². The van der Waals surface area contributed by atoms with E-state index < -0.39 is 0 Å². The van der Waals surface area contributed by atoms with Gasteiger partial charge in [-0.05, 0) is 57.4 Å². The van der Waals surface area contributed by atoms with Crippen molar-refractivity contribution in [1.29, 1.82) is 0 Å². The fraction of sp³-hybridized carbons (Fsp3) is 1.00. The van der Waals surface area contributed by atoms with Gasteiger partial charge in [-0.25, -0.2) is 0 Å². The fourth-order valence-corrected chi connectivity index (χ4v) is 4.35. The normalized spacial score (nSPS) is 35.1. The number of rotatable bonds is 5. The molecule has 0 bridgehead atoms. The predicted octanol–water partition coefficient (Wildman–Crippen LogP) is 2.39. The molecule has 3 atom stereocenters. The molecule has 3 nitrogen and oxygen atoms in total. The van der Waals surface area contributed by atoms with Crippen LogP contribution in [0.2, 0.25) is 0 Å². The molecular weight excluding hydrogens is 248 g/mol. The van der Waals surface area contributed by atoms with Crippen LogP contribution >= 0.6 is 0 Å². The summed E-state index contributed by atoms with van der Waals surface area (Å²) in [7, 11) is 2.24. The molecule has 3 aliphatic rings. The molecular formula is C17H32N2O. The topological polar surface area (TPSA) is 35.5 Å². The van der Waals surface area contributed by atoms with Gasteiger partial charge in [0.25, 0.3) is 0 Å². The molecule has 2 saturated carbocycles. The summed E-state index contributed by atoms with van der Waals surface area (Å²) in [6, 6.07) is 1.41. The summed E-state index contributed by atoms with van der Waals surface area (Å²) >= 11 is 0. The Kier molecular flexibility index (Phi) is 5.00. The zero-order valence-electron chi connectivity index (χ0n) is 13.1. The summed E-state index contributed by atoms with van der Waals surface area (Å²) in [5.41, 5.74) is 0. The maximum Gasteiger partial charge on any atom is 0.0571 e. The van der Waals surface area contributed by atoms with Crippen molar-refractivity contribution in [2.24, 2.45) is 11.8 Å². The molecule has 3 fully saturated rings. The zero-order chi connectivity index (χ0) is 13.9. The van der Waals surface area contributed by atoms with Crippen molar-refractivity contribution in [3.05, 3.63) is 0 Å². The first-order valence-electron chi connectivity index (χ1n) is 8.83. The van der Waals surface area contributed by atoms with Crippen LogP contribution in [0.3, 0.4) is 0 Å². The SMILES string of the molecule is CN1CC(CC(O)C2CC2)CC(NC2CCCCC2)C1. The minimum atomic E-state index is -0.0261. The van der Waals surface area contributed by atoms with Crippen LogP contribution in [-0.4, -0.2) is 48.3 Å². The molecule has 0 spiro atoms. The molecule has 0 aromatic heterocycles. The summed E-state index contributed by atoms with van der Waals surface area (Å²) < 4.78 is 0. The van der Waals surface area contributed by atoms with E-state index in [0.29, 0.717) is 17.9 Å². The van der Waals surface area contributed by atoms with Crippen LogP contribution in [0.1, 0.15) is 57.8 Å². The van der Waals surface area contributed by atoms with Gasteiger partial charge >= 0.3 is 0 Å². The van der Waals surface area contributed by atoms with Crippen molar-refractivity contribution < 1.29 is 5.11 Å². The van der Waals surface area contributed by atoms with Crippen molar-refractivity contribution >= 4 is 0 Å². The molecule has 3 unspecified atom stereocenters. The van der Waals surface area contributed by atoms with Gasteiger partial charge in [-0.1, -0.05) is 19.3 Å². The van der Waals surface area contributed by atoms with Gasteiger partial charge in [0, 0.05) is 25.2 Å². The largest absolute Gasteiger partial charge is 0.393 e. The maximum absolute atomic E-state index is 10.2. The number of aliphatic hydroxyl groups is 1. The monoisotopic (exact) mass is 280 g/mol. The smallest absolute Gasteiger partial charge is 0.0571 e. The molecule has 0 amide bonds. The van der Waals surface area contributed by atoms with Crippen LogP contribution in [0.15, 0.2) is 0 Å². The van der Waals surface area contributed by atoms with Gasteiger partial charge in [-0.3, -0.25) is 0 Å². The Bertz CT molecular complexity index is 299. The first-order valence-corrected chi connectivity index (χ1v) is 8.83. The molecule has 2 aliphatic carbocycles. The highest BCUT2D eigenvalue weighted by molar-refractivity contribution is 4.89. The Morgan fingerprint density at radius 2 is 1.80 bits per heavy atom. The average molecular weight is 280 g/mol. The number of nitrogens with one attached hydrogen (secondary N) is 1. The van der Waals surface area contributed by atoms with Gasteiger partial charge < -0.3 is 15.3 Å². The number of hydrogen-bond donors (Lipinski definition) is 2. The molecule has 0 aromatic carbocycles. The fourth-order valence-electron chi connectivity index (χ4n) is 4.35. The van der Waals surface area contributed by atoms with E-state index in [-0.39, 0.29) is 6.10 Å². The van der Waals surface area contributed by atoms with Crippen molar-refractivity contribution in [1.82, 2.24) is 10.2 Å². The van der Waals surface area contributed by atoms with Crippen molar-refractivity contribution in [2.45, 2.75) is 76.0 Å². The third kappa shape index (κ3) is 4.19. The van der Waals surface area contributed by atoms with Crippen LogP contribution in [0.5, 0.6) is 0 Å². The van der Waals surface area contributed by atoms with Gasteiger partial charge in [0.05, 0.1) is 6.10 Å². The quantitative estimate of drug-likeness (QED) is 0.812. The molecule has 0 radical (unpaired) electrons. The number of likely N-dealkylation sites (N-methyl/N-ethyl adjacent to an activating group) is 1. The van der Waals surface area contributed by atoms with Gasteiger partial charge in [-0.2, -0.15) is 0 Å². The number of hydrogen-bond acceptors (Lipinski definition) is 3. The lowest BCUT2D eigenvalue weighted by molar-refractivity contribution is 0.0807. The molecule has 3 heteroatoms. The minimum absolute atomic E-state index is 0.0261. The Balaban J connectivity index is 1.47. The van der Waals surface area contributed by atoms with E-state index in [4.69, 9.17) is 0 Å². The summed E-state index contributed by atoms with van der Waals surface area (Å²) in [6.45, 7) is 2.36. The standard InChI is InChI=1S/C17H32N2O/c1-19-11-13(10-17(20)14-7-8-14)9-16(12-19)18-15-5-3-2-4-6-15/h13-18,20H,2-12H2,1H3. The number of likely N-dealkylation sites (tertiary alicyclic amines) is 1. The Labute approximate surface area is 124 Å². The van der Waals surface area contributed by atoms with Crippen molar-refractivity contribution in [2.75, 3.05) is 20.1 Å². The molecule has 2 N–H and O–H groups in total. The molecule has 0 aromatic rings. The average Bonchev–Trinajstić information content (AvgIpc) is 3.23. The summed E-state index contributed by atoms with van der Waals surface area (Å²) in [6.07, 6.45) is 11.8. The van der Waals surface area contributed by atoms with Crippen LogP contribution in [0.25, 0.3) is 0 Å². The van der Waals surface area contributed by atoms with E-state index in [1.165, 1.54) is 64.5 Å². The van der Waals surface area contributed by atoms with E-state index in [0.717, 1.165) is 12.5 Å². The first-order chi connectivity index (χ1) is 9.70. The second-order valence-corrected chi connectivity index (χ2v) is 7.66. The third-order valence-electron chi connectivity index (χ3n) is 5.54. The van der Waals surface area contributed by atoms with E-state index in [1.54, 1.807) is 0 Å². The Morgan fingerprint density at radius 1 is 1.05 bits per heavy atom. The summed E-state index contributed by atoms with van der Waals surface area (Å²) in [5.74, 6) is 1.32. The summed E-state index contributed by atoms with van der Waals surface area (Å²) in [4.78, 5) is 2.47. The van der Waals surface area contributed by atoms with Crippen molar-refractivity contribution in [3.8, 4) is 0 Å². The maximum atomic E-state index is 10.2. The van der Waals surface area contributed by atoms with E-state index in [1.807, 2.05) is 0 Å². The molecule has 1 heterocycles.